The van der Waals surface area contributed by atoms with Crippen LogP contribution >= 0.6 is 0 Å². The first-order valence-corrected chi connectivity index (χ1v) is 9.94. The third-order valence-electron chi connectivity index (χ3n) is 5.15. The molecule has 0 amide bonds. The number of ether oxygens (including phenoxy) is 3. The number of fused-ring (bicyclic) bond motifs is 1. The second kappa shape index (κ2) is 8.74. The van der Waals surface area contributed by atoms with Crippen molar-refractivity contribution in [2.45, 2.75) is 31.5 Å². The largest absolute Gasteiger partial charge is 0.508 e. The normalized spacial score (nSPS) is 22.4. The zero-order valence-electron chi connectivity index (χ0n) is 17.5. The van der Waals surface area contributed by atoms with Gasteiger partial charge in [-0.15, -0.1) is 0 Å². The third kappa shape index (κ3) is 4.05. The van der Waals surface area contributed by atoms with E-state index in [1.807, 2.05) is 0 Å². The van der Waals surface area contributed by atoms with Crippen molar-refractivity contribution < 1.29 is 54.1 Å². The number of aliphatic hydroxyl groups is 2. The number of phenolic OH excluding ortho intramolecular Hbond substituents is 3. The van der Waals surface area contributed by atoms with Gasteiger partial charge < -0.3 is 49.3 Å². The smallest absolute Gasteiger partial charge is 0.303 e. The van der Waals surface area contributed by atoms with Crippen LogP contribution in [0.2, 0.25) is 0 Å². The van der Waals surface area contributed by atoms with E-state index in [2.05, 4.69) is 0 Å². The minimum Gasteiger partial charge on any atom is -0.508 e. The molecule has 0 saturated carbocycles. The highest BCUT2D eigenvalue weighted by Gasteiger charge is 2.43. The molecule has 6 N–H and O–H groups in total. The fourth-order valence-corrected chi connectivity index (χ4v) is 3.55. The fourth-order valence-electron chi connectivity index (χ4n) is 3.55. The second-order valence-corrected chi connectivity index (χ2v) is 7.56. The first-order chi connectivity index (χ1) is 16.1. The van der Waals surface area contributed by atoms with Crippen molar-refractivity contribution in [3.63, 3.8) is 0 Å². The molecule has 180 valence electrons. The summed E-state index contributed by atoms with van der Waals surface area (Å²) in [6.45, 7) is 0.677. The van der Waals surface area contributed by atoms with Gasteiger partial charge in [-0.25, -0.2) is 0 Å². The minimum absolute atomic E-state index is 0.0846. The average molecular weight is 476 g/mol. The van der Waals surface area contributed by atoms with Crippen LogP contribution in [0.25, 0.3) is 22.3 Å². The lowest BCUT2D eigenvalue weighted by Crippen LogP contribution is -2.56. The van der Waals surface area contributed by atoms with Gasteiger partial charge in [0.25, 0.3) is 0 Å². The Balaban J connectivity index is 1.83. The van der Waals surface area contributed by atoms with Crippen molar-refractivity contribution >= 4 is 16.9 Å². The monoisotopic (exact) mass is 476 g/mol. The van der Waals surface area contributed by atoms with Crippen molar-refractivity contribution in [3.05, 3.63) is 40.6 Å². The summed E-state index contributed by atoms with van der Waals surface area (Å²) in [6.07, 6.45) is -6.08. The van der Waals surface area contributed by atoms with E-state index in [9.17, 15) is 40.2 Å². The van der Waals surface area contributed by atoms with E-state index in [0.717, 1.165) is 13.0 Å². The fraction of sp³-hybridized carbons (Fsp3) is 0.273. The first-order valence-electron chi connectivity index (χ1n) is 9.94. The van der Waals surface area contributed by atoms with Crippen molar-refractivity contribution in [2.75, 3.05) is 6.61 Å². The van der Waals surface area contributed by atoms with Crippen LogP contribution in [0.4, 0.5) is 0 Å². The van der Waals surface area contributed by atoms with E-state index in [-0.39, 0.29) is 17.1 Å². The first kappa shape index (κ1) is 23.2. The molecule has 0 spiro atoms. The van der Waals surface area contributed by atoms with E-state index < -0.39 is 76.6 Å². The number of rotatable bonds is 4. The number of carbonyl (C=O) groups is 1. The summed E-state index contributed by atoms with van der Waals surface area (Å²) < 4.78 is 21.3. The average Bonchev–Trinajstić information content (AvgIpc) is 2.77. The SMILES string of the molecule is CC(=O)O[C@@H]1C(O)[C@H](Oc2c(O)cc(O)c3c(=O)c(O)c(-c4ccc(O)cc4)oc23)OC[C@@H]1O. The number of phenols is 3. The summed E-state index contributed by atoms with van der Waals surface area (Å²) in [5, 5.41) is 60.5. The van der Waals surface area contributed by atoms with Gasteiger partial charge in [0.2, 0.25) is 23.2 Å². The second-order valence-electron chi connectivity index (χ2n) is 7.56. The van der Waals surface area contributed by atoms with Crippen LogP contribution in [0.15, 0.2) is 39.5 Å². The zero-order chi connectivity index (χ0) is 24.7. The molecule has 12 heteroatoms. The molecular weight excluding hydrogens is 456 g/mol. The van der Waals surface area contributed by atoms with Crippen LogP contribution in [0.5, 0.6) is 28.7 Å². The Hall–Kier alpha value is -4.00. The van der Waals surface area contributed by atoms with E-state index in [0.29, 0.717) is 0 Å². The molecule has 1 aliphatic heterocycles. The number of hydrogen-bond acceptors (Lipinski definition) is 12. The van der Waals surface area contributed by atoms with Crippen LogP contribution in [-0.2, 0) is 14.3 Å². The van der Waals surface area contributed by atoms with E-state index in [1.54, 1.807) is 0 Å². The summed E-state index contributed by atoms with van der Waals surface area (Å²) >= 11 is 0. The van der Waals surface area contributed by atoms with E-state index >= 15 is 0 Å². The third-order valence-corrected chi connectivity index (χ3v) is 5.15. The summed E-state index contributed by atoms with van der Waals surface area (Å²) in [7, 11) is 0. The maximum absolute atomic E-state index is 12.8. The molecule has 1 saturated heterocycles. The molecular formula is C22H20O12. The highest BCUT2D eigenvalue weighted by Crippen LogP contribution is 2.43. The summed E-state index contributed by atoms with van der Waals surface area (Å²) in [5.74, 6) is -4.03. The van der Waals surface area contributed by atoms with Gasteiger partial charge in [-0.1, -0.05) is 0 Å². The number of aromatic hydroxyl groups is 4. The molecule has 4 rings (SSSR count). The van der Waals surface area contributed by atoms with Crippen LogP contribution in [0.3, 0.4) is 0 Å². The minimum atomic E-state index is -1.71. The predicted octanol–water partition coefficient (Wildman–Crippen LogP) is 0.671. The van der Waals surface area contributed by atoms with Crippen molar-refractivity contribution in [1.82, 2.24) is 0 Å². The molecule has 0 radical (unpaired) electrons. The Bertz CT molecular complexity index is 1300. The molecule has 2 aromatic carbocycles. The number of benzene rings is 2. The van der Waals surface area contributed by atoms with Gasteiger partial charge >= 0.3 is 5.97 Å². The number of esters is 1. The standard InChI is InChI=1S/C22H20O12/c1-8(23)32-19-13(27)7-31-22(17(19)30)34-20-12(26)6-11(25)14-15(28)16(29)18(33-21(14)20)9-2-4-10(24)5-3-9/h2-6,13,17,19,22,24-27,29-30H,7H2,1H3/t13-,17?,19-,22-/m0/s1. The van der Waals surface area contributed by atoms with Gasteiger partial charge in [-0.05, 0) is 24.3 Å². The van der Waals surface area contributed by atoms with Crippen molar-refractivity contribution in [2.24, 2.45) is 0 Å². The molecule has 4 atom stereocenters. The van der Waals surface area contributed by atoms with Crippen LogP contribution in [-0.4, -0.2) is 67.8 Å². The lowest BCUT2D eigenvalue weighted by atomic mass is 10.0. The van der Waals surface area contributed by atoms with Crippen molar-refractivity contribution in [1.29, 1.82) is 0 Å². The van der Waals surface area contributed by atoms with Crippen molar-refractivity contribution in [3.8, 4) is 40.1 Å². The predicted molar refractivity (Wildman–Crippen MR) is 113 cm³/mol. The van der Waals surface area contributed by atoms with Gasteiger partial charge in [0.05, 0.1) is 6.61 Å². The lowest BCUT2D eigenvalue weighted by Gasteiger charge is -2.36. The highest BCUT2D eigenvalue weighted by molar-refractivity contribution is 5.93. The van der Waals surface area contributed by atoms with Gasteiger partial charge in [-0.3, -0.25) is 9.59 Å². The van der Waals surface area contributed by atoms with Gasteiger partial charge in [-0.2, -0.15) is 0 Å². The Kier molecular flexibility index (Phi) is 5.96. The van der Waals surface area contributed by atoms with Gasteiger partial charge in [0.1, 0.15) is 23.0 Å². The Morgan fingerprint density at radius 2 is 1.74 bits per heavy atom. The summed E-state index contributed by atoms with van der Waals surface area (Å²) in [5.41, 5.74) is -1.37. The summed E-state index contributed by atoms with van der Waals surface area (Å²) in [6, 6.07) is 6.02. The van der Waals surface area contributed by atoms with Crippen LogP contribution in [0.1, 0.15) is 6.92 Å². The molecule has 12 nitrogen and oxygen atoms in total. The van der Waals surface area contributed by atoms with Gasteiger partial charge in [0, 0.05) is 18.6 Å². The lowest BCUT2D eigenvalue weighted by molar-refractivity contribution is -0.248. The molecule has 2 heterocycles. The maximum Gasteiger partial charge on any atom is 0.303 e. The Morgan fingerprint density at radius 3 is 2.38 bits per heavy atom. The van der Waals surface area contributed by atoms with E-state index in [1.165, 1.54) is 24.3 Å². The Morgan fingerprint density at radius 1 is 1.06 bits per heavy atom. The van der Waals surface area contributed by atoms with E-state index in [4.69, 9.17) is 18.6 Å². The van der Waals surface area contributed by atoms with Crippen LogP contribution < -0.4 is 10.2 Å². The molecule has 3 aromatic rings. The summed E-state index contributed by atoms with van der Waals surface area (Å²) in [4.78, 5) is 24.1. The molecule has 1 fully saturated rings. The zero-order valence-corrected chi connectivity index (χ0v) is 17.5. The topological polar surface area (TPSA) is 196 Å². The highest BCUT2D eigenvalue weighted by atomic mass is 16.7. The Labute approximate surface area is 190 Å². The van der Waals surface area contributed by atoms with Gasteiger partial charge in [0.15, 0.2) is 29.3 Å². The number of aliphatic hydroxyl groups excluding tert-OH is 2. The number of carbonyl (C=O) groups excluding carboxylic acids is 1. The quantitative estimate of drug-likeness (QED) is 0.288. The molecule has 1 unspecified atom stereocenters. The molecule has 0 aliphatic carbocycles. The molecule has 1 aromatic heterocycles. The molecule has 34 heavy (non-hydrogen) atoms. The molecule has 1 aliphatic rings. The maximum atomic E-state index is 12.8. The molecule has 0 bridgehead atoms. The van der Waals surface area contributed by atoms with Crippen LogP contribution in [0, 0.1) is 0 Å². The number of hydrogen-bond donors (Lipinski definition) is 6.